The molecule has 2 aromatic carbocycles. The number of hydrogen-bond donors (Lipinski definition) is 2. The van der Waals surface area contributed by atoms with E-state index in [1.165, 1.54) is 19.2 Å². The van der Waals surface area contributed by atoms with E-state index >= 15 is 0 Å². The molecule has 0 radical (unpaired) electrons. The molecule has 0 spiro atoms. The normalized spacial score (nSPS) is 10.5. The summed E-state index contributed by atoms with van der Waals surface area (Å²) < 4.78 is 10.9. The van der Waals surface area contributed by atoms with Gasteiger partial charge in [0.05, 0.1) is 24.3 Å². The number of nitrogens with one attached hydrogen (secondary N) is 1. The van der Waals surface area contributed by atoms with Crippen LogP contribution in [0.1, 0.15) is 40.1 Å². The van der Waals surface area contributed by atoms with Gasteiger partial charge in [-0.2, -0.15) is 0 Å². The van der Waals surface area contributed by atoms with E-state index in [4.69, 9.17) is 14.6 Å². The average molecular weight is 357 g/mol. The minimum absolute atomic E-state index is 0.0269. The van der Waals surface area contributed by atoms with Crippen molar-refractivity contribution in [1.82, 2.24) is 5.32 Å². The second kappa shape index (κ2) is 8.89. The molecule has 0 aliphatic rings. The average Bonchev–Trinajstić information content (AvgIpc) is 2.61. The lowest BCUT2D eigenvalue weighted by Gasteiger charge is -2.14. The number of carboxylic acids is 1. The zero-order valence-corrected chi connectivity index (χ0v) is 15.1. The van der Waals surface area contributed by atoms with Crippen molar-refractivity contribution in [3.63, 3.8) is 0 Å². The van der Waals surface area contributed by atoms with Crippen molar-refractivity contribution >= 4 is 11.9 Å². The zero-order valence-electron chi connectivity index (χ0n) is 15.1. The minimum atomic E-state index is -1.01. The molecule has 6 heteroatoms. The molecule has 2 aromatic rings. The summed E-state index contributed by atoms with van der Waals surface area (Å²) in [4.78, 5) is 23.5. The number of benzene rings is 2. The summed E-state index contributed by atoms with van der Waals surface area (Å²) in [6.07, 6.45) is 0.489. The van der Waals surface area contributed by atoms with Crippen LogP contribution in [0, 0.1) is 0 Å². The molecule has 26 heavy (non-hydrogen) atoms. The van der Waals surface area contributed by atoms with E-state index in [-0.39, 0.29) is 17.6 Å². The highest BCUT2D eigenvalue weighted by Gasteiger charge is 2.13. The molecule has 138 valence electrons. The van der Waals surface area contributed by atoms with Gasteiger partial charge in [-0.05, 0) is 50.1 Å². The Kier molecular flexibility index (Phi) is 6.60. The van der Waals surface area contributed by atoms with E-state index in [2.05, 4.69) is 5.32 Å². The van der Waals surface area contributed by atoms with Crippen LogP contribution in [0.4, 0.5) is 0 Å². The first-order valence-corrected chi connectivity index (χ1v) is 8.36. The Bertz CT molecular complexity index is 786. The Morgan fingerprint density at radius 3 is 2.50 bits per heavy atom. The quantitative estimate of drug-likeness (QED) is 0.758. The second-order valence-electron chi connectivity index (χ2n) is 6.00. The van der Waals surface area contributed by atoms with Crippen molar-refractivity contribution in [2.75, 3.05) is 13.7 Å². The van der Waals surface area contributed by atoms with Crippen LogP contribution in [0.15, 0.2) is 42.5 Å². The largest absolute Gasteiger partial charge is 0.496 e. The Balaban J connectivity index is 2.02. The topological polar surface area (TPSA) is 84.9 Å². The first-order valence-electron chi connectivity index (χ1n) is 8.36. The van der Waals surface area contributed by atoms with Crippen molar-refractivity contribution in [1.29, 1.82) is 0 Å². The summed E-state index contributed by atoms with van der Waals surface area (Å²) in [5.74, 6) is -0.196. The number of carbonyl (C=O) groups is 2. The fourth-order valence-electron chi connectivity index (χ4n) is 2.50. The predicted molar refractivity (Wildman–Crippen MR) is 98.2 cm³/mol. The van der Waals surface area contributed by atoms with Crippen LogP contribution < -0.4 is 14.8 Å². The van der Waals surface area contributed by atoms with E-state index in [1.54, 1.807) is 24.3 Å². The molecule has 6 nitrogen and oxygen atoms in total. The number of carbonyl (C=O) groups excluding carboxylic acids is 1. The first-order chi connectivity index (χ1) is 12.4. The van der Waals surface area contributed by atoms with E-state index in [1.807, 2.05) is 19.9 Å². The maximum atomic E-state index is 12.4. The minimum Gasteiger partial charge on any atom is -0.496 e. The van der Waals surface area contributed by atoms with Gasteiger partial charge >= 0.3 is 5.97 Å². The number of carboxylic acid groups (broad SMARTS) is 1. The van der Waals surface area contributed by atoms with Gasteiger partial charge in [-0.25, -0.2) is 4.79 Å². The smallest absolute Gasteiger partial charge is 0.335 e. The van der Waals surface area contributed by atoms with Gasteiger partial charge in [0.1, 0.15) is 11.5 Å². The Morgan fingerprint density at radius 2 is 1.85 bits per heavy atom. The summed E-state index contributed by atoms with van der Waals surface area (Å²) in [7, 11) is 1.49. The summed E-state index contributed by atoms with van der Waals surface area (Å²) in [5.41, 5.74) is 1.47. The molecular formula is C20H23NO5. The summed E-state index contributed by atoms with van der Waals surface area (Å²) in [5, 5.41) is 11.9. The number of hydrogen-bond acceptors (Lipinski definition) is 4. The number of para-hydroxylation sites is 1. The Labute approximate surface area is 152 Å². The van der Waals surface area contributed by atoms with Crippen molar-refractivity contribution in [2.24, 2.45) is 0 Å². The molecule has 2 rings (SSSR count). The summed E-state index contributed by atoms with van der Waals surface area (Å²) in [6, 6.07) is 11.8. The van der Waals surface area contributed by atoms with Crippen LogP contribution in [0.5, 0.6) is 11.5 Å². The lowest BCUT2D eigenvalue weighted by atomic mass is 10.1. The van der Waals surface area contributed by atoms with E-state index in [0.717, 1.165) is 5.56 Å². The third-order valence-corrected chi connectivity index (χ3v) is 3.71. The zero-order chi connectivity index (χ0) is 19.1. The third-order valence-electron chi connectivity index (χ3n) is 3.71. The number of ether oxygens (including phenoxy) is 2. The molecule has 0 bridgehead atoms. The molecule has 1 amide bonds. The third kappa shape index (κ3) is 4.99. The SMILES string of the molecule is COc1cc(C(=O)O)ccc1CCNC(=O)c1ccccc1OC(C)C. The van der Waals surface area contributed by atoms with Crippen LogP contribution >= 0.6 is 0 Å². The standard InChI is InChI=1S/C20H23NO5/c1-13(2)26-17-7-5-4-6-16(17)19(22)21-11-10-14-8-9-15(20(23)24)12-18(14)25-3/h4-9,12-13H,10-11H2,1-3H3,(H,21,22)(H,23,24). The van der Waals surface area contributed by atoms with Crippen LogP contribution in [0.3, 0.4) is 0 Å². The molecular weight excluding hydrogens is 334 g/mol. The van der Waals surface area contributed by atoms with Gasteiger partial charge in [0.15, 0.2) is 0 Å². The fourth-order valence-corrected chi connectivity index (χ4v) is 2.50. The van der Waals surface area contributed by atoms with Crippen molar-refractivity contribution in [3.8, 4) is 11.5 Å². The summed E-state index contributed by atoms with van der Waals surface area (Å²) >= 11 is 0. The molecule has 0 saturated carbocycles. The fraction of sp³-hybridized carbons (Fsp3) is 0.300. The summed E-state index contributed by atoms with van der Waals surface area (Å²) in [6.45, 7) is 4.20. The molecule has 0 unspecified atom stereocenters. The van der Waals surface area contributed by atoms with Crippen molar-refractivity contribution in [2.45, 2.75) is 26.4 Å². The van der Waals surface area contributed by atoms with Gasteiger partial charge < -0.3 is 19.9 Å². The lowest BCUT2D eigenvalue weighted by Crippen LogP contribution is -2.26. The number of rotatable bonds is 8. The highest BCUT2D eigenvalue weighted by molar-refractivity contribution is 5.96. The Morgan fingerprint density at radius 1 is 1.12 bits per heavy atom. The van der Waals surface area contributed by atoms with Gasteiger partial charge in [-0.15, -0.1) is 0 Å². The monoisotopic (exact) mass is 357 g/mol. The first kappa shape index (κ1) is 19.3. The van der Waals surface area contributed by atoms with Crippen molar-refractivity contribution in [3.05, 3.63) is 59.2 Å². The van der Waals surface area contributed by atoms with Crippen LogP contribution in [-0.2, 0) is 6.42 Å². The Hall–Kier alpha value is -3.02. The molecule has 0 fully saturated rings. The van der Waals surface area contributed by atoms with Gasteiger partial charge in [-0.1, -0.05) is 18.2 Å². The molecule has 0 atom stereocenters. The van der Waals surface area contributed by atoms with Gasteiger partial charge in [-0.3, -0.25) is 4.79 Å². The van der Waals surface area contributed by atoms with E-state index in [0.29, 0.717) is 30.0 Å². The molecule has 0 saturated heterocycles. The van der Waals surface area contributed by atoms with Crippen LogP contribution in [-0.4, -0.2) is 36.7 Å². The highest BCUT2D eigenvalue weighted by Crippen LogP contribution is 2.21. The van der Waals surface area contributed by atoms with Gasteiger partial charge in [0.25, 0.3) is 5.91 Å². The second-order valence-corrected chi connectivity index (χ2v) is 6.00. The molecule has 0 heterocycles. The van der Waals surface area contributed by atoms with Gasteiger partial charge in [0, 0.05) is 6.54 Å². The van der Waals surface area contributed by atoms with E-state index < -0.39 is 5.97 Å². The lowest BCUT2D eigenvalue weighted by molar-refractivity contribution is 0.0696. The van der Waals surface area contributed by atoms with Crippen LogP contribution in [0.25, 0.3) is 0 Å². The van der Waals surface area contributed by atoms with E-state index in [9.17, 15) is 9.59 Å². The molecule has 2 N–H and O–H groups in total. The highest BCUT2D eigenvalue weighted by atomic mass is 16.5. The maximum Gasteiger partial charge on any atom is 0.335 e. The van der Waals surface area contributed by atoms with Gasteiger partial charge in [0.2, 0.25) is 0 Å². The van der Waals surface area contributed by atoms with Crippen molar-refractivity contribution < 1.29 is 24.2 Å². The number of aromatic carboxylic acids is 1. The van der Waals surface area contributed by atoms with Crippen LogP contribution in [0.2, 0.25) is 0 Å². The molecule has 0 aliphatic carbocycles. The number of methoxy groups -OCH3 is 1. The molecule has 0 aromatic heterocycles. The maximum absolute atomic E-state index is 12.4. The number of amides is 1. The molecule has 0 aliphatic heterocycles. The predicted octanol–water partition coefficient (Wildman–Crippen LogP) is 3.15.